The molecule has 2 N–H and O–H groups in total. The highest BCUT2D eigenvalue weighted by atomic mass is 79.9. The Kier molecular flexibility index (Phi) is 4.63. The Balaban J connectivity index is 2.49. The summed E-state index contributed by atoms with van der Waals surface area (Å²) < 4.78 is 39.7. The molecule has 20 heavy (non-hydrogen) atoms. The lowest BCUT2D eigenvalue weighted by molar-refractivity contribution is -0.137. The Labute approximate surface area is 135 Å². The van der Waals surface area contributed by atoms with Gasteiger partial charge in [0.2, 0.25) is 0 Å². The molecule has 2 aromatic rings. The first kappa shape index (κ1) is 16.0. The predicted octanol–water partition coefficient (Wildman–Crippen LogP) is 5.65. The van der Waals surface area contributed by atoms with E-state index in [-0.39, 0.29) is 0 Å². The van der Waals surface area contributed by atoms with Crippen molar-refractivity contribution in [1.82, 2.24) is 0 Å². The lowest BCUT2D eigenvalue weighted by atomic mass is 10.0. The van der Waals surface area contributed by atoms with E-state index < -0.39 is 17.8 Å². The van der Waals surface area contributed by atoms with Gasteiger partial charge in [0.05, 0.1) is 11.6 Å². The van der Waals surface area contributed by atoms with E-state index in [9.17, 15) is 13.2 Å². The Hall–Kier alpha value is -0.370. The average molecular weight is 429 g/mol. The van der Waals surface area contributed by atoms with Gasteiger partial charge in [-0.05, 0) is 52.7 Å². The van der Waals surface area contributed by atoms with Crippen LogP contribution in [0.15, 0.2) is 33.2 Å². The van der Waals surface area contributed by atoms with Crippen LogP contribution < -0.4 is 5.73 Å². The first-order chi connectivity index (χ1) is 9.20. The molecule has 0 aliphatic heterocycles. The van der Waals surface area contributed by atoms with E-state index in [1.165, 1.54) is 17.4 Å². The SMILES string of the molecule is Cc1cc(Br)c(C(N)c2cc(C(F)(F)F)ccc2Br)s1. The van der Waals surface area contributed by atoms with E-state index in [0.717, 1.165) is 26.4 Å². The molecule has 0 amide bonds. The molecule has 1 unspecified atom stereocenters. The van der Waals surface area contributed by atoms with Crippen molar-refractivity contribution in [1.29, 1.82) is 0 Å². The quantitative estimate of drug-likeness (QED) is 0.657. The number of thiophene rings is 1. The maximum atomic E-state index is 12.8. The largest absolute Gasteiger partial charge is 0.416 e. The smallest absolute Gasteiger partial charge is 0.320 e. The van der Waals surface area contributed by atoms with Crippen molar-refractivity contribution < 1.29 is 13.2 Å². The van der Waals surface area contributed by atoms with E-state index in [1.54, 1.807) is 0 Å². The fraction of sp³-hybridized carbons (Fsp3) is 0.231. The Morgan fingerprint density at radius 1 is 1.15 bits per heavy atom. The van der Waals surface area contributed by atoms with Crippen molar-refractivity contribution in [3.05, 3.63) is 54.1 Å². The minimum atomic E-state index is -4.38. The molecule has 0 saturated carbocycles. The molecule has 2 rings (SSSR count). The van der Waals surface area contributed by atoms with Crippen LogP contribution in [0.5, 0.6) is 0 Å². The molecule has 0 saturated heterocycles. The summed E-state index contributed by atoms with van der Waals surface area (Å²) in [6, 6.07) is 4.80. The van der Waals surface area contributed by atoms with Crippen LogP contribution >= 0.6 is 43.2 Å². The summed E-state index contributed by atoms with van der Waals surface area (Å²) in [4.78, 5) is 1.85. The maximum Gasteiger partial charge on any atom is 0.416 e. The number of hydrogen-bond acceptors (Lipinski definition) is 2. The zero-order valence-electron chi connectivity index (χ0n) is 10.3. The Morgan fingerprint density at radius 3 is 2.30 bits per heavy atom. The van der Waals surface area contributed by atoms with Crippen molar-refractivity contribution in [2.75, 3.05) is 0 Å². The van der Waals surface area contributed by atoms with Gasteiger partial charge in [0.1, 0.15) is 0 Å². The minimum Gasteiger partial charge on any atom is -0.320 e. The van der Waals surface area contributed by atoms with Crippen LogP contribution in [0.2, 0.25) is 0 Å². The second kappa shape index (κ2) is 5.79. The van der Waals surface area contributed by atoms with Gasteiger partial charge in [0.15, 0.2) is 0 Å². The van der Waals surface area contributed by atoms with Crippen LogP contribution in [0.4, 0.5) is 13.2 Å². The lowest BCUT2D eigenvalue weighted by Crippen LogP contribution is -2.14. The van der Waals surface area contributed by atoms with E-state index in [2.05, 4.69) is 31.9 Å². The van der Waals surface area contributed by atoms with Crippen LogP contribution in [0.3, 0.4) is 0 Å². The molecule has 1 heterocycles. The maximum absolute atomic E-state index is 12.8. The van der Waals surface area contributed by atoms with Crippen molar-refractivity contribution in [2.24, 2.45) is 5.73 Å². The summed E-state index contributed by atoms with van der Waals surface area (Å²) in [6.45, 7) is 1.92. The fourth-order valence-corrected chi connectivity index (χ4v) is 4.22. The molecule has 0 fully saturated rings. The second-order valence-electron chi connectivity index (χ2n) is 4.28. The first-order valence-corrected chi connectivity index (χ1v) is 7.98. The summed E-state index contributed by atoms with van der Waals surface area (Å²) >= 11 is 8.12. The average Bonchev–Trinajstić information content (AvgIpc) is 2.66. The number of rotatable bonds is 2. The normalized spacial score (nSPS) is 13.6. The Morgan fingerprint density at radius 2 is 1.80 bits per heavy atom. The van der Waals surface area contributed by atoms with Crippen molar-refractivity contribution in [3.63, 3.8) is 0 Å². The number of aryl methyl sites for hydroxylation is 1. The number of nitrogens with two attached hydrogens (primary N) is 1. The Bertz CT molecular complexity index is 637. The zero-order chi connectivity index (χ0) is 15.1. The third-order valence-electron chi connectivity index (χ3n) is 2.78. The molecule has 0 spiro atoms. The summed E-state index contributed by atoms with van der Waals surface area (Å²) in [5.74, 6) is 0. The van der Waals surface area contributed by atoms with Gasteiger partial charge in [-0.1, -0.05) is 15.9 Å². The van der Waals surface area contributed by atoms with E-state index in [1.807, 2.05) is 13.0 Å². The van der Waals surface area contributed by atoms with Gasteiger partial charge < -0.3 is 5.73 Å². The van der Waals surface area contributed by atoms with Crippen LogP contribution in [0, 0.1) is 6.92 Å². The van der Waals surface area contributed by atoms with E-state index in [4.69, 9.17) is 5.73 Å². The van der Waals surface area contributed by atoms with Crippen LogP contribution in [0.25, 0.3) is 0 Å². The molecule has 1 nitrogen and oxygen atoms in total. The summed E-state index contributed by atoms with van der Waals surface area (Å²) in [5, 5.41) is 0. The summed E-state index contributed by atoms with van der Waals surface area (Å²) in [7, 11) is 0. The molecule has 7 heteroatoms. The van der Waals surface area contributed by atoms with Gasteiger partial charge in [-0.25, -0.2) is 0 Å². The number of benzene rings is 1. The predicted molar refractivity (Wildman–Crippen MR) is 81.9 cm³/mol. The van der Waals surface area contributed by atoms with Gasteiger partial charge in [-0.2, -0.15) is 13.2 Å². The highest BCUT2D eigenvalue weighted by Gasteiger charge is 2.31. The van der Waals surface area contributed by atoms with Crippen molar-refractivity contribution in [3.8, 4) is 0 Å². The van der Waals surface area contributed by atoms with Gasteiger partial charge in [0.25, 0.3) is 0 Å². The van der Waals surface area contributed by atoms with Crippen LogP contribution in [0.1, 0.15) is 26.9 Å². The molecule has 1 aromatic heterocycles. The van der Waals surface area contributed by atoms with E-state index in [0.29, 0.717) is 10.0 Å². The highest BCUT2D eigenvalue weighted by molar-refractivity contribution is 9.10. The molecule has 1 aromatic carbocycles. The monoisotopic (exact) mass is 427 g/mol. The third kappa shape index (κ3) is 3.27. The van der Waals surface area contributed by atoms with Gasteiger partial charge in [0, 0.05) is 18.7 Å². The van der Waals surface area contributed by atoms with Crippen molar-refractivity contribution >= 4 is 43.2 Å². The molecule has 0 bridgehead atoms. The summed E-state index contributed by atoms with van der Waals surface area (Å²) in [5.41, 5.74) is 5.85. The van der Waals surface area contributed by atoms with Crippen LogP contribution in [-0.4, -0.2) is 0 Å². The number of alkyl halides is 3. The number of halogens is 5. The lowest BCUT2D eigenvalue weighted by Gasteiger charge is -2.16. The number of hydrogen-bond donors (Lipinski definition) is 1. The highest BCUT2D eigenvalue weighted by Crippen LogP contribution is 2.39. The third-order valence-corrected chi connectivity index (χ3v) is 5.55. The molecule has 108 valence electrons. The van der Waals surface area contributed by atoms with Gasteiger partial charge >= 0.3 is 6.18 Å². The molecule has 1 atom stereocenters. The van der Waals surface area contributed by atoms with Crippen LogP contribution in [-0.2, 0) is 6.18 Å². The minimum absolute atomic E-state index is 0.419. The second-order valence-corrected chi connectivity index (χ2v) is 7.28. The first-order valence-electron chi connectivity index (χ1n) is 5.58. The van der Waals surface area contributed by atoms with Crippen molar-refractivity contribution in [2.45, 2.75) is 19.1 Å². The molecular formula is C13H10Br2F3NS. The molecule has 0 aliphatic rings. The van der Waals surface area contributed by atoms with Gasteiger partial charge in [-0.3, -0.25) is 0 Å². The zero-order valence-corrected chi connectivity index (χ0v) is 14.3. The fourth-order valence-electron chi connectivity index (χ4n) is 1.81. The standard InChI is InChI=1S/C13H10Br2F3NS/c1-6-4-10(15)12(20-6)11(19)8-5-7(13(16,17)18)2-3-9(8)14/h2-5,11H,19H2,1H3. The summed E-state index contributed by atoms with van der Waals surface area (Å²) in [6.07, 6.45) is -4.38. The van der Waals surface area contributed by atoms with E-state index >= 15 is 0 Å². The molecular weight excluding hydrogens is 419 g/mol. The van der Waals surface area contributed by atoms with Gasteiger partial charge in [-0.15, -0.1) is 11.3 Å². The molecule has 0 radical (unpaired) electrons. The molecule has 0 aliphatic carbocycles. The topological polar surface area (TPSA) is 26.0 Å².